The number of halogens is 4. The predicted molar refractivity (Wildman–Crippen MR) is 88.3 cm³/mol. The molecule has 0 saturated carbocycles. The van der Waals surface area contributed by atoms with Gasteiger partial charge in [0.15, 0.2) is 5.78 Å². The van der Waals surface area contributed by atoms with Gasteiger partial charge in [-0.3, -0.25) is 4.79 Å². The van der Waals surface area contributed by atoms with Crippen LogP contribution in [-0.4, -0.2) is 11.9 Å². The van der Waals surface area contributed by atoms with Crippen molar-refractivity contribution in [2.24, 2.45) is 0 Å². The average Bonchev–Trinajstić information content (AvgIpc) is 2.60. The number of carbonyl (C=O) groups excluding carboxylic acids is 1. The van der Waals surface area contributed by atoms with E-state index in [1.165, 1.54) is 18.2 Å². The summed E-state index contributed by atoms with van der Waals surface area (Å²) in [5.74, 6) is 0.0894. The van der Waals surface area contributed by atoms with Crippen LogP contribution in [0.1, 0.15) is 18.9 Å². The third kappa shape index (κ3) is 4.90. The van der Waals surface area contributed by atoms with Crippen molar-refractivity contribution in [1.82, 2.24) is 0 Å². The maximum absolute atomic E-state index is 12.7. The van der Waals surface area contributed by atoms with Gasteiger partial charge in [-0.25, -0.2) is 0 Å². The summed E-state index contributed by atoms with van der Waals surface area (Å²) in [5.41, 5.74) is -0.887. The number of Topliss-reactive ketones (excluding diaryl/α,β-unsaturated/α-hetero) is 1. The fraction of sp³-hybridized carbons (Fsp3) is 0.222. The Morgan fingerprint density at radius 2 is 1.92 bits per heavy atom. The average molecular weight is 384 g/mol. The van der Waals surface area contributed by atoms with Gasteiger partial charge in [-0.05, 0) is 30.3 Å². The van der Waals surface area contributed by atoms with Gasteiger partial charge in [0.1, 0.15) is 23.3 Å². The van der Waals surface area contributed by atoms with E-state index in [0.717, 1.165) is 18.2 Å². The molecule has 136 valence electrons. The van der Waals surface area contributed by atoms with Gasteiger partial charge in [0, 0.05) is 12.5 Å². The number of hydrogen-bond donors (Lipinski definition) is 0. The van der Waals surface area contributed by atoms with Crippen molar-refractivity contribution in [2.45, 2.75) is 25.6 Å². The summed E-state index contributed by atoms with van der Waals surface area (Å²) >= 11 is 5.85. The van der Waals surface area contributed by atoms with Crippen molar-refractivity contribution in [1.29, 1.82) is 5.26 Å². The van der Waals surface area contributed by atoms with Crippen LogP contribution in [0.3, 0.4) is 0 Å². The largest absolute Gasteiger partial charge is 0.467 e. The van der Waals surface area contributed by atoms with Crippen molar-refractivity contribution in [3.05, 3.63) is 53.1 Å². The third-order valence-electron chi connectivity index (χ3n) is 3.30. The summed E-state index contributed by atoms with van der Waals surface area (Å²) in [7, 11) is 0. The zero-order valence-electron chi connectivity index (χ0n) is 13.5. The number of ether oxygens (including phenoxy) is 2. The van der Waals surface area contributed by atoms with E-state index in [4.69, 9.17) is 26.3 Å². The first-order chi connectivity index (χ1) is 12.2. The van der Waals surface area contributed by atoms with E-state index in [2.05, 4.69) is 0 Å². The Kier molecular flexibility index (Phi) is 6.11. The maximum atomic E-state index is 12.7. The van der Waals surface area contributed by atoms with E-state index in [-0.39, 0.29) is 34.5 Å². The normalized spacial score (nSPS) is 12.2. The van der Waals surface area contributed by atoms with Crippen molar-refractivity contribution >= 4 is 17.4 Å². The van der Waals surface area contributed by atoms with Gasteiger partial charge < -0.3 is 9.47 Å². The summed E-state index contributed by atoms with van der Waals surface area (Å²) in [5, 5.41) is 8.78. The molecule has 0 N–H and O–H groups in total. The SMILES string of the molecule is CCC(=O)C(C#N)Oc1cccc(Oc2ccc(C(F)(F)F)cc2Cl)c1. The Bertz CT molecular complexity index is 846. The van der Waals surface area contributed by atoms with Crippen molar-refractivity contribution in [3.63, 3.8) is 0 Å². The number of alkyl halides is 3. The van der Waals surface area contributed by atoms with Crippen molar-refractivity contribution < 1.29 is 27.4 Å². The third-order valence-corrected chi connectivity index (χ3v) is 3.60. The zero-order chi connectivity index (χ0) is 19.3. The van der Waals surface area contributed by atoms with Crippen molar-refractivity contribution in [2.75, 3.05) is 0 Å². The number of rotatable bonds is 6. The number of ketones is 1. The molecule has 1 atom stereocenters. The molecule has 0 heterocycles. The Morgan fingerprint density at radius 3 is 2.50 bits per heavy atom. The molecule has 0 amide bonds. The van der Waals surface area contributed by atoms with Gasteiger partial charge in [0.05, 0.1) is 10.6 Å². The van der Waals surface area contributed by atoms with Gasteiger partial charge in [0.2, 0.25) is 6.10 Å². The molecule has 0 aliphatic carbocycles. The van der Waals surface area contributed by atoms with Crippen LogP contribution >= 0.6 is 11.6 Å². The molecule has 0 aliphatic heterocycles. The van der Waals surface area contributed by atoms with Crippen LogP contribution in [0.2, 0.25) is 5.02 Å². The highest BCUT2D eigenvalue weighted by molar-refractivity contribution is 6.32. The quantitative estimate of drug-likeness (QED) is 0.670. The molecule has 0 spiro atoms. The molecule has 2 aromatic rings. The molecule has 4 nitrogen and oxygen atoms in total. The first-order valence-electron chi connectivity index (χ1n) is 7.48. The minimum absolute atomic E-state index is 0.0262. The van der Waals surface area contributed by atoms with Gasteiger partial charge in [-0.15, -0.1) is 0 Å². The Morgan fingerprint density at radius 1 is 1.23 bits per heavy atom. The lowest BCUT2D eigenvalue weighted by Crippen LogP contribution is -2.24. The molecule has 0 aromatic heterocycles. The van der Waals surface area contributed by atoms with E-state index >= 15 is 0 Å². The number of hydrogen-bond acceptors (Lipinski definition) is 4. The Hall–Kier alpha value is -2.72. The topological polar surface area (TPSA) is 59.3 Å². The van der Waals surface area contributed by atoms with Crippen LogP contribution in [0.5, 0.6) is 17.2 Å². The molecule has 8 heteroatoms. The summed E-state index contributed by atoms with van der Waals surface area (Å²) in [6, 6.07) is 10.5. The van der Waals surface area contributed by atoms with E-state index in [1.54, 1.807) is 19.1 Å². The fourth-order valence-corrected chi connectivity index (χ4v) is 2.20. The standard InChI is InChI=1S/C18H13ClF3NO3/c1-2-15(24)17(10-23)26-13-5-3-4-12(9-13)25-16-7-6-11(8-14(16)19)18(20,21)22/h3-9,17H,2H2,1H3. The summed E-state index contributed by atoms with van der Waals surface area (Å²) in [6.45, 7) is 1.61. The molecule has 26 heavy (non-hydrogen) atoms. The van der Waals surface area contributed by atoms with Gasteiger partial charge in [-0.1, -0.05) is 24.6 Å². The summed E-state index contributed by atoms with van der Waals surface area (Å²) in [6.07, 6.45) is -5.60. The van der Waals surface area contributed by atoms with E-state index < -0.39 is 17.8 Å². The van der Waals surface area contributed by atoms with Crippen LogP contribution < -0.4 is 9.47 Å². The molecule has 0 bridgehead atoms. The van der Waals surface area contributed by atoms with Crippen LogP contribution in [0.4, 0.5) is 13.2 Å². The van der Waals surface area contributed by atoms with Gasteiger partial charge in [-0.2, -0.15) is 18.4 Å². The second-order valence-electron chi connectivity index (χ2n) is 5.17. The molecule has 0 fully saturated rings. The summed E-state index contributed by atoms with van der Waals surface area (Å²) in [4.78, 5) is 11.6. The molecule has 0 saturated heterocycles. The minimum atomic E-state index is -4.51. The zero-order valence-corrected chi connectivity index (χ0v) is 14.3. The highest BCUT2D eigenvalue weighted by atomic mass is 35.5. The lowest BCUT2D eigenvalue weighted by Gasteiger charge is -2.13. The molecule has 2 aromatic carbocycles. The van der Waals surface area contributed by atoms with E-state index in [9.17, 15) is 18.0 Å². The second-order valence-corrected chi connectivity index (χ2v) is 5.57. The van der Waals surface area contributed by atoms with Crippen LogP contribution in [0, 0.1) is 11.3 Å². The van der Waals surface area contributed by atoms with Crippen LogP contribution in [0.15, 0.2) is 42.5 Å². The molecule has 0 aliphatic rings. The lowest BCUT2D eigenvalue weighted by atomic mass is 10.2. The monoisotopic (exact) mass is 383 g/mol. The second kappa shape index (κ2) is 8.11. The highest BCUT2D eigenvalue weighted by Crippen LogP contribution is 2.36. The summed E-state index contributed by atoms with van der Waals surface area (Å²) < 4.78 is 48.8. The number of nitriles is 1. The van der Waals surface area contributed by atoms with Gasteiger partial charge >= 0.3 is 6.18 Å². The van der Waals surface area contributed by atoms with Gasteiger partial charge in [0.25, 0.3) is 0 Å². The van der Waals surface area contributed by atoms with Crippen LogP contribution in [-0.2, 0) is 11.0 Å². The van der Waals surface area contributed by atoms with E-state index in [1.807, 2.05) is 0 Å². The first-order valence-corrected chi connectivity index (χ1v) is 7.86. The number of benzene rings is 2. The molecular weight excluding hydrogens is 371 g/mol. The molecule has 0 radical (unpaired) electrons. The maximum Gasteiger partial charge on any atom is 0.416 e. The number of nitrogens with zero attached hydrogens (tertiary/aromatic N) is 1. The molecular formula is C18H13ClF3NO3. The fourth-order valence-electron chi connectivity index (χ4n) is 1.98. The number of carbonyl (C=O) groups is 1. The molecule has 2 rings (SSSR count). The van der Waals surface area contributed by atoms with E-state index in [0.29, 0.717) is 0 Å². The Labute approximate surface area is 152 Å². The highest BCUT2D eigenvalue weighted by Gasteiger charge is 2.31. The lowest BCUT2D eigenvalue weighted by molar-refractivity contribution is -0.137. The minimum Gasteiger partial charge on any atom is -0.467 e. The molecule has 1 unspecified atom stereocenters. The van der Waals surface area contributed by atoms with Crippen molar-refractivity contribution in [3.8, 4) is 23.3 Å². The Balaban J connectivity index is 2.19. The smallest absolute Gasteiger partial charge is 0.416 e. The van der Waals surface area contributed by atoms with Crippen LogP contribution in [0.25, 0.3) is 0 Å². The predicted octanol–water partition coefficient (Wildman–Crippen LogP) is 5.40. The first kappa shape index (κ1) is 19.6.